The Labute approximate surface area is 168 Å². The summed E-state index contributed by atoms with van der Waals surface area (Å²) in [6.07, 6.45) is -6.10. The van der Waals surface area contributed by atoms with Crippen molar-refractivity contribution >= 4 is 17.2 Å². The van der Waals surface area contributed by atoms with E-state index in [1.165, 1.54) is 29.5 Å². The van der Waals surface area contributed by atoms with E-state index in [0.29, 0.717) is 10.8 Å². The minimum absolute atomic E-state index is 0.122. The highest BCUT2D eigenvalue weighted by Gasteiger charge is 2.34. The molecule has 0 radical (unpaired) electrons. The molecule has 1 unspecified atom stereocenters. The van der Waals surface area contributed by atoms with Crippen LogP contribution >= 0.6 is 11.3 Å². The van der Waals surface area contributed by atoms with Crippen molar-refractivity contribution < 1.29 is 27.8 Å². The van der Waals surface area contributed by atoms with Crippen LogP contribution in [0.25, 0.3) is 10.6 Å². The molecule has 0 saturated heterocycles. The first-order valence-corrected chi connectivity index (χ1v) is 9.40. The molecule has 0 aliphatic carbocycles. The lowest BCUT2D eigenvalue weighted by molar-refractivity contribution is -0.139. The molecular formula is C20H17F3N2O3S. The minimum atomic E-state index is -4.59. The number of aromatic nitrogens is 1. The number of rotatable bonds is 6. The van der Waals surface area contributed by atoms with E-state index in [1.807, 2.05) is 0 Å². The molecular weight excluding hydrogens is 405 g/mol. The molecule has 29 heavy (non-hydrogen) atoms. The summed E-state index contributed by atoms with van der Waals surface area (Å²) in [7, 11) is 1.56. The van der Waals surface area contributed by atoms with Gasteiger partial charge in [-0.3, -0.25) is 4.79 Å². The van der Waals surface area contributed by atoms with E-state index in [0.717, 1.165) is 11.6 Å². The van der Waals surface area contributed by atoms with Crippen molar-refractivity contribution in [3.8, 4) is 16.3 Å². The predicted octanol–water partition coefficient (Wildman–Crippen LogP) is 4.30. The Hall–Kier alpha value is -2.91. The lowest BCUT2D eigenvalue weighted by Crippen LogP contribution is -2.29. The standard InChI is InChI=1S/C20H17F3N2O3S/c1-28-13-8-6-12(7-9-13)19-25-16(11-29-19)18(27)24-10-17(26)14-4-2-3-5-15(14)20(21,22)23/h2-9,11,17,26H,10H2,1H3,(H,24,27). The summed E-state index contributed by atoms with van der Waals surface area (Å²) >= 11 is 1.26. The Morgan fingerprint density at radius 3 is 2.55 bits per heavy atom. The first-order chi connectivity index (χ1) is 13.8. The molecule has 0 fully saturated rings. The summed E-state index contributed by atoms with van der Waals surface area (Å²) in [6.45, 7) is -0.374. The van der Waals surface area contributed by atoms with Gasteiger partial charge in [-0.05, 0) is 35.9 Å². The van der Waals surface area contributed by atoms with Crippen molar-refractivity contribution in [3.63, 3.8) is 0 Å². The lowest BCUT2D eigenvalue weighted by Gasteiger charge is -2.17. The zero-order chi connectivity index (χ0) is 21.0. The zero-order valence-electron chi connectivity index (χ0n) is 15.2. The lowest BCUT2D eigenvalue weighted by atomic mass is 10.0. The van der Waals surface area contributed by atoms with E-state index in [-0.39, 0.29) is 17.8 Å². The van der Waals surface area contributed by atoms with Crippen LogP contribution in [0.2, 0.25) is 0 Å². The number of aliphatic hydroxyl groups is 1. The summed E-state index contributed by atoms with van der Waals surface area (Å²) in [6, 6.07) is 11.9. The molecule has 0 aliphatic heterocycles. The van der Waals surface area contributed by atoms with E-state index < -0.39 is 23.8 Å². The number of alkyl halides is 3. The SMILES string of the molecule is COc1ccc(-c2nc(C(=O)NCC(O)c3ccccc3C(F)(F)F)cs2)cc1. The Bertz CT molecular complexity index is 987. The Morgan fingerprint density at radius 2 is 1.90 bits per heavy atom. The maximum absolute atomic E-state index is 13.1. The summed E-state index contributed by atoms with van der Waals surface area (Å²) < 4.78 is 44.3. The fourth-order valence-electron chi connectivity index (χ4n) is 2.68. The van der Waals surface area contributed by atoms with E-state index in [9.17, 15) is 23.1 Å². The number of halogens is 3. The summed E-state index contributed by atoms with van der Waals surface area (Å²) in [4.78, 5) is 16.5. The molecule has 3 aromatic rings. The number of nitrogens with one attached hydrogen (secondary N) is 1. The Morgan fingerprint density at radius 1 is 1.21 bits per heavy atom. The van der Waals surface area contributed by atoms with Gasteiger partial charge in [0.05, 0.1) is 18.8 Å². The molecule has 1 aromatic heterocycles. The second-order valence-corrected chi connectivity index (χ2v) is 6.94. The molecule has 0 spiro atoms. The number of benzene rings is 2. The van der Waals surface area contributed by atoms with Gasteiger partial charge in [0, 0.05) is 17.5 Å². The highest BCUT2D eigenvalue weighted by Crippen LogP contribution is 2.34. The second-order valence-electron chi connectivity index (χ2n) is 6.08. The van der Waals surface area contributed by atoms with Crippen LogP contribution in [-0.4, -0.2) is 29.7 Å². The molecule has 0 saturated carbocycles. The number of amides is 1. The van der Waals surface area contributed by atoms with Gasteiger partial charge in [0.2, 0.25) is 0 Å². The van der Waals surface area contributed by atoms with Crippen molar-refractivity contribution in [1.29, 1.82) is 0 Å². The van der Waals surface area contributed by atoms with Gasteiger partial charge in [0.1, 0.15) is 16.5 Å². The third-order valence-electron chi connectivity index (χ3n) is 4.15. The van der Waals surface area contributed by atoms with Gasteiger partial charge in [-0.25, -0.2) is 4.98 Å². The normalized spacial score (nSPS) is 12.4. The second kappa shape index (κ2) is 8.62. The fraction of sp³-hybridized carbons (Fsp3) is 0.200. The van der Waals surface area contributed by atoms with Gasteiger partial charge in [-0.2, -0.15) is 13.2 Å². The van der Waals surface area contributed by atoms with E-state index in [4.69, 9.17) is 4.74 Å². The molecule has 0 aliphatic rings. The smallest absolute Gasteiger partial charge is 0.416 e. The van der Waals surface area contributed by atoms with Gasteiger partial charge in [-0.15, -0.1) is 11.3 Å². The Balaban J connectivity index is 1.66. The molecule has 2 N–H and O–H groups in total. The van der Waals surface area contributed by atoms with Gasteiger partial charge < -0.3 is 15.2 Å². The van der Waals surface area contributed by atoms with E-state index in [1.54, 1.807) is 36.8 Å². The number of hydrogen-bond acceptors (Lipinski definition) is 5. The molecule has 3 rings (SSSR count). The van der Waals surface area contributed by atoms with Gasteiger partial charge >= 0.3 is 6.18 Å². The molecule has 152 valence electrons. The molecule has 0 bridgehead atoms. The number of nitrogens with zero attached hydrogens (tertiary/aromatic N) is 1. The van der Waals surface area contributed by atoms with Crippen LogP contribution in [0.4, 0.5) is 13.2 Å². The van der Waals surface area contributed by atoms with Crippen LogP contribution in [0.5, 0.6) is 5.75 Å². The van der Waals surface area contributed by atoms with Crippen LogP contribution in [0, 0.1) is 0 Å². The molecule has 1 amide bonds. The first kappa shape index (κ1) is 20.8. The van der Waals surface area contributed by atoms with Gasteiger partial charge in [-0.1, -0.05) is 18.2 Å². The van der Waals surface area contributed by atoms with Crippen LogP contribution in [0.15, 0.2) is 53.9 Å². The van der Waals surface area contributed by atoms with Crippen LogP contribution in [0.1, 0.15) is 27.7 Å². The number of carbonyl (C=O) groups excluding carboxylic acids is 1. The number of hydrogen-bond donors (Lipinski definition) is 2. The van der Waals surface area contributed by atoms with Crippen molar-refractivity contribution in [2.24, 2.45) is 0 Å². The van der Waals surface area contributed by atoms with E-state index in [2.05, 4.69) is 10.3 Å². The summed E-state index contributed by atoms with van der Waals surface area (Å²) in [5, 5.41) is 14.7. The summed E-state index contributed by atoms with van der Waals surface area (Å²) in [5.41, 5.74) is -0.305. The number of thiazole rings is 1. The maximum Gasteiger partial charge on any atom is 0.416 e. The molecule has 2 aromatic carbocycles. The topological polar surface area (TPSA) is 71.5 Å². The molecule has 1 heterocycles. The largest absolute Gasteiger partial charge is 0.497 e. The third kappa shape index (κ3) is 4.93. The molecule has 9 heteroatoms. The molecule has 1 atom stereocenters. The number of methoxy groups -OCH3 is 1. The number of ether oxygens (including phenoxy) is 1. The predicted molar refractivity (Wildman–Crippen MR) is 103 cm³/mol. The average molecular weight is 422 g/mol. The van der Waals surface area contributed by atoms with Crippen LogP contribution in [0.3, 0.4) is 0 Å². The quantitative estimate of drug-likeness (QED) is 0.621. The fourth-order valence-corrected chi connectivity index (χ4v) is 3.49. The highest BCUT2D eigenvalue weighted by atomic mass is 32.1. The Kier molecular flexibility index (Phi) is 6.19. The first-order valence-electron chi connectivity index (χ1n) is 8.52. The maximum atomic E-state index is 13.1. The van der Waals surface area contributed by atoms with Crippen LogP contribution < -0.4 is 10.1 Å². The van der Waals surface area contributed by atoms with Crippen molar-refractivity contribution in [2.75, 3.05) is 13.7 Å². The van der Waals surface area contributed by atoms with Crippen molar-refractivity contribution in [1.82, 2.24) is 10.3 Å². The number of carbonyl (C=O) groups is 1. The van der Waals surface area contributed by atoms with Gasteiger partial charge in [0.15, 0.2) is 0 Å². The highest BCUT2D eigenvalue weighted by molar-refractivity contribution is 7.13. The number of aliphatic hydroxyl groups excluding tert-OH is 1. The minimum Gasteiger partial charge on any atom is -0.497 e. The van der Waals surface area contributed by atoms with Crippen LogP contribution in [-0.2, 0) is 6.18 Å². The average Bonchev–Trinajstić information content (AvgIpc) is 3.21. The van der Waals surface area contributed by atoms with Crippen molar-refractivity contribution in [2.45, 2.75) is 12.3 Å². The zero-order valence-corrected chi connectivity index (χ0v) is 16.1. The summed E-state index contributed by atoms with van der Waals surface area (Å²) in [5.74, 6) is 0.112. The third-order valence-corrected chi connectivity index (χ3v) is 5.05. The van der Waals surface area contributed by atoms with Gasteiger partial charge in [0.25, 0.3) is 5.91 Å². The monoisotopic (exact) mass is 422 g/mol. The van der Waals surface area contributed by atoms with E-state index >= 15 is 0 Å². The van der Waals surface area contributed by atoms with Crippen molar-refractivity contribution in [3.05, 3.63) is 70.7 Å². The molecule has 5 nitrogen and oxygen atoms in total.